The summed E-state index contributed by atoms with van der Waals surface area (Å²) in [7, 11) is 0. The van der Waals surface area contributed by atoms with E-state index in [4.69, 9.17) is 11.6 Å². The normalized spacial score (nSPS) is 20.1. The SMILES string of the molecule is O=C1CCC(c2ccccc2)CCNC(=O)CN(Cc2cccc(Cl)c2)CCCN1. The lowest BCUT2D eigenvalue weighted by Gasteiger charge is -2.23. The maximum atomic E-state index is 12.6. The van der Waals surface area contributed by atoms with Gasteiger partial charge in [-0.1, -0.05) is 54.1 Å². The van der Waals surface area contributed by atoms with Gasteiger partial charge in [0.25, 0.3) is 0 Å². The molecular formula is C24H30ClN3O2. The number of hydrogen-bond donors (Lipinski definition) is 2. The Morgan fingerprint density at radius 3 is 2.53 bits per heavy atom. The minimum atomic E-state index is 0.0323. The zero-order valence-electron chi connectivity index (χ0n) is 17.3. The van der Waals surface area contributed by atoms with Crippen molar-refractivity contribution in [2.75, 3.05) is 26.2 Å². The minimum absolute atomic E-state index is 0.0323. The number of carbonyl (C=O) groups excluding carboxylic acids is 2. The topological polar surface area (TPSA) is 61.4 Å². The number of nitrogens with zero attached hydrogens (tertiary/aromatic N) is 1. The van der Waals surface area contributed by atoms with Gasteiger partial charge < -0.3 is 10.6 Å². The lowest BCUT2D eigenvalue weighted by Crippen LogP contribution is -2.39. The molecule has 1 saturated heterocycles. The monoisotopic (exact) mass is 427 g/mol. The predicted molar refractivity (Wildman–Crippen MR) is 120 cm³/mol. The average molecular weight is 428 g/mol. The zero-order valence-corrected chi connectivity index (χ0v) is 18.0. The van der Waals surface area contributed by atoms with Crippen LogP contribution in [0.25, 0.3) is 0 Å². The van der Waals surface area contributed by atoms with Crippen LogP contribution in [-0.4, -0.2) is 42.9 Å². The average Bonchev–Trinajstić information content (AvgIpc) is 2.73. The first-order valence-electron chi connectivity index (χ1n) is 10.7. The summed E-state index contributed by atoms with van der Waals surface area (Å²) in [5.74, 6) is 0.381. The third-order valence-corrected chi connectivity index (χ3v) is 5.68. The Morgan fingerprint density at radius 1 is 0.933 bits per heavy atom. The molecule has 1 fully saturated rings. The van der Waals surface area contributed by atoms with Crippen molar-refractivity contribution in [3.63, 3.8) is 0 Å². The summed E-state index contributed by atoms with van der Waals surface area (Å²) in [5.41, 5.74) is 2.29. The Morgan fingerprint density at radius 2 is 1.73 bits per heavy atom. The number of nitrogens with one attached hydrogen (secondary N) is 2. The van der Waals surface area contributed by atoms with Crippen molar-refractivity contribution in [2.45, 2.75) is 38.1 Å². The molecule has 1 aliphatic heterocycles. The molecule has 1 atom stereocenters. The molecule has 0 radical (unpaired) electrons. The molecule has 2 aromatic rings. The third-order valence-electron chi connectivity index (χ3n) is 5.44. The van der Waals surface area contributed by atoms with Crippen molar-refractivity contribution in [3.05, 3.63) is 70.7 Å². The fraction of sp³-hybridized carbons (Fsp3) is 0.417. The molecule has 1 heterocycles. The molecule has 0 aliphatic carbocycles. The van der Waals surface area contributed by atoms with E-state index < -0.39 is 0 Å². The van der Waals surface area contributed by atoms with E-state index in [-0.39, 0.29) is 17.7 Å². The molecule has 160 valence electrons. The van der Waals surface area contributed by atoms with E-state index in [0.717, 1.165) is 31.4 Å². The smallest absolute Gasteiger partial charge is 0.234 e. The highest BCUT2D eigenvalue weighted by molar-refractivity contribution is 6.30. The van der Waals surface area contributed by atoms with Crippen LogP contribution in [-0.2, 0) is 16.1 Å². The summed E-state index contributed by atoms with van der Waals surface area (Å²) in [6.07, 6.45) is 2.89. The van der Waals surface area contributed by atoms with Gasteiger partial charge in [-0.25, -0.2) is 0 Å². The summed E-state index contributed by atoms with van der Waals surface area (Å²) >= 11 is 6.11. The number of hydrogen-bond acceptors (Lipinski definition) is 3. The molecule has 2 N–H and O–H groups in total. The Balaban J connectivity index is 1.64. The molecule has 1 aliphatic rings. The van der Waals surface area contributed by atoms with E-state index >= 15 is 0 Å². The van der Waals surface area contributed by atoms with E-state index in [9.17, 15) is 9.59 Å². The summed E-state index contributed by atoms with van der Waals surface area (Å²) in [6, 6.07) is 17.9. The third kappa shape index (κ3) is 7.47. The summed E-state index contributed by atoms with van der Waals surface area (Å²) < 4.78 is 0. The first kappa shape index (κ1) is 22.3. The quantitative estimate of drug-likeness (QED) is 0.784. The van der Waals surface area contributed by atoms with Gasteiger partial charge in [-0.05, 0) is 48.4 Å². The number of halogens is 1. The molecule has 0 spiro atoms. The van der Waals surface area contributed by atoms with E-state index in [1.54, 1.807) is 0 Å². The highest BCUT2D eigenvalue weighted by Crippen LogP contribution is 2.24. The van der Waals surface area contributed by atoms with Crippen molar-refractivity contribution in [1.29, 1.82) is 0 Å². The molecule has 1 unspecified atom stereocenters. The molecule has 2 amide bonds. The lowest BCUT2D eigenvalue weighted by atomic mass is 9.91. The molecule has 0 saturated carbocycles. The van der Waals surface area contributed by atoms with Gasteiger partial charge in [-0.15, -0.1) is 0 Å². The fourth-order valence-electron chi connectivity index (χ4n) is 3.88. The maximum absolute atomic E-state index is 12.6. The van der Waals surface area contributed by atoms with Crippen LogP contribution in [0.2, 0.25) is 5.02 Å². The van der Waals surface area contributed by atoms with E-state index in [1.807, 2.05) is 42.5 Å². The molecular weight excluding hydrogens is 398 g/mol. The number of rotatable bonds is 3. The van der Waals surface area contributed by atoms with Crippen molar-refractivity contribution >= 4 is 23.4 Å². The van der Waals surface area contributed by atoms with Crippen LogP contribution in [0.3, 0.4) is 0 Å². The summed E-state index contributed by atoms with van der Waals surface area (Å²) in [6.45, 7) is 2.92. The van der Waals surface area contributed by atoms with Crippen molar-refractivity contribution in [2.24, 2.45) is 0 Å². The molecule has 6 heteroatoms. The molecule has 0 bridgehead atoms. The van der Waals surface area contributed by atoms with Gasteiger partial charge in [0, 0.05) is 37.6 Å². The van der Waals surface area contributed by atoms with Crippen LogP contribution in [0.15, 0.2) is 54.6 Å². The molecule has 3 rings (SSSR count). The maximum Gasteiger partial charge on any atom is 0.234 e. The second kappa shape index (κ2) is 11.7. The number of carbonyl (C=O) groups is 2. The highest BCUT2D eigenvalue weighted by atomic mass is 35.5. The standard InChI is InChI=1S/C24H30ClN3O2/c25-22-9-4-6-19(16-22)17-28-15-5-13-26-23(29)11-10-21(12-14-27-24(30)18-28)20-7-2-1-3-8-20/h1-4,6-9,16,21H,5,10-15,17-18H2,(H,26,29)(H,27,30). The summed E-state index contributed by atoms with van der Waals surface area (Å²) in [5, 5.41) is 6.79. The van der Waals surface area contributed by atoms with Gasteiger partial charge in [0.15, 0.2) is 0 Å². The Hall–Kier alpha value is -2.37. The Kier molecular flexibility index (Phi) is 8.72. The van der Waals surface area contributed by atoms with E-state index in [1.165, 1.54) is 5.56 Å². The van der Waals surface area contributed by atoms with Gasteiger partial charge >= 0.3 is 0 Å². The van der Waals surface area contributed by atoms with Gasteiger partial charge in [-0.2, -0.15) is 0 Å². The molecule has 30 heavy (non-hydrogen) atoms. The Bertz CT molecular complexity index is 828. The predicted octanol–water partition coefficient (Wildman–Crippen LogP) is 3.73. The van der Waals surface area contributed by atoms with E-state index in [2.05, 4.69) is 27.7 Å². The molecule has 5 nitrogen and oxygen atoms in total. The van der Waals surface area contributed by atoms with Crippen LogP contribution >= 0.6 is 11.6 Å². The van der Waals surface area contributed by atoms with Crippen molar-refractivity contribution < 1.29 is 9.59 Å². The zero-order chi connectivity index (χ0) is 21.2. The van der Waals surface area contributed by atoms with Crippen LogP contribution in [0.1, 0.15) is 42.7 Å². The Labute approximate surface area is 183 Å². The van der Waals surface area contributed by atoms with Crippen LogP contribution in [0.4, 0.5) is 0 Å². The lowest BCUT2D eigenvalue weighted by molar-refractivity contribution is -0.123. The largest absolute Gasteiger partial charge is 0.356 e. The van der Waals surface area contributed by atoms with Gasteiger partial charge in [-0.3, -0.25) is 14.5 Å². The highest BCUT2D eigenvalue weighted by Gasteiger charge is 2.16. The van der Waals surface area contributed by atoms with Gasteiger partial charge in [0.2, 0.25) is 11.8 Å². The second-order valence-corrected chi connectivity index (χ2v) is 8.27. The van der Waals surface area contributed by atoms with Gasteiger partial charge in [0.1, 0.15) is 0 Å². The van der Waals surface area contributed by atoms with Crippen LogP contribution < -0.4 is 10.6 Å². The first-order chi connectivity index (χ1) is 14.6. The van der Waals surface area contributed by atoms with E-state index in [0.29, 0.717) is 37.6 Å². The van der Waals surface area contributed by atoms with Crippen LogP contribution in [0.5, 0.6) is 0 Å². The molecule has 0 aromatic heterocycles. The van der Waals surface area contributed by atoms with Gasteiger partial charge in [0.05, 0.1) is 6.54 Å². The minimum Gasteiger partial charge on any atom is -0.356 e. The second-order valence-electron chi connectivity index (χ2n) is 7.83. The first-order valence-corrected chi connectivity index (χ1v) is 11.0. The number of benzene rings is 2. The molecule has 2 aromatic carbocycles. The van der Waals surface area contributed by atoms with Crippen LogP contribution in [0, 0.1) is 0 Å². The fourth-order valence-corrected chi connectivity index (χ4v) is 4.09. The number of amides is 2. The van der Waals surface area contributed by atoms with Crippen molar-refractivity contribution in [1.82, 2.24) is 15.5 Å². The van der Waals surface area contributed by atoms with Crippen molar-refractivity contribution in [3.8, 4) is 0 Å². The summed E-state index contributed by atoms with van der Waals surface area (Å²) in [4.78, 5) is 27.0.